The first kappa shape index (κ1) is 16.1. The predicted molar refractivity (Wildman–Crippen MR) is 102 cm³/mol. The maximum Gasteiger partial charge on any atom is 0.338 e. The molecule has 144 valence electrons. The van der Waals surface area contributed by atoms with Crippen molar-refractivity contribution in [1.29, 1.82) is 0 Å². The van der Waals surface area contributed by atoms with Crippen molar-refractivity contribution in [3.8, 4) is 5.69 Å². The molecule has 5 heterocycles. The standard InChI is InChI=1S/C20H21N5O3/c1-2-27-19(26)12-6-15-18(16(7-12)25-5-3-4-21-25)28-20(22-15)24-10-13-8-23-9-14(11-24)17(13)23/h3-7,13-14,17H,2,8-11H2,1H3. The number of hydrogen-bond donors (Lipinski definition) is 0. The van der Waals surface area contributed by atoms with Crippen LogP contribution in [0.15, 0.2) is 35.0 Å². The van der Waals surface area contributed by atoms with Crippen molar-refractivity contribution < 1.29 is 13.9 Å². The van der Waals surface area contributed by atoms with Crippen LogP contribution >= 0.6 is 0 Å². The van der Waals surface area contributed by atoms with Gasteiger partial charge in [0.2, 0.25) is 0 Å². The van der Waals surface area contributed by atoms with Gasteiger partial charge in [0.1, 0.15) is 11.2 Å². The molecule has 3 fully saturated rings. The first-order chi connectivity index (χ1) is 13.7. The summed E-state index contributed by atoms with van der Waals surface area (Å²) in [6.45, 7) is 6.45. The number of carbonyl (C=O) groups excluding carboxylic acids is 1. The van der Waals surface area contributed by atoms with Crippen LogP contribution in [0.1, 0.15) is 17.3 Å². The number of carbonyl (C=O) groups is 1. The summed E-state index contributed by atoms with van der Waals surface area (Å²) < 4.78 is 13.1. The van der Waals surface area contributed by atoms with Crippen LogP contribution in [0.3, 0.4) is 0 Å². The van der Waals surface area contributed by atoms with Crippen LogP contribution < -0.4 is 4.90 Å². The molecule has 6 rings (SSSR count). The fourth-order valence-electron chi connectivity index (χ4n) is 5.02. The molecule has 8 nitrogen and oxygen atoms in total. The second kappa shape index (κ2) is 5.81. The maximum absolute atomic E-state index is 12.3. The molecule has 0 aliphatic carbocycles. The molecule has 3 aliphatic rings. The Hall–Kier alpha value is -2.87. The van der Waals surface area contributed by atoms with Crippen LogP contribution in [0.25, 0.3) is 16.8 Å². The normalized spacial score (nSPS) is 25.9. The van der Waals surface area contributed by atoms with Crippen molar-refractivity contribution in [2.45, 2.75) is 13.0 Å². The highest BCUT2D eigenvalue weighted by Gasteiger charge is 2.55. The zero-order chi connectivity index (χ0) is 18.8. The number of oxazole rings is 1. The highest BCUT2D eigenvalue weighted by atomic mass is 16.5. The summed E-state index contributed by atoms with van der Waals surface area (Å²) in [5, 5.41) is 4.31. The molecule has 0 bridgehead atoms. The highest BCUT2D eigenvalue weighted by molar-refractivity contribution is 5.96. The van der Waals surface area contributed by atoms with Gasteiger partial charge in [-0.15, -0.1) is 0 Å². The van der Waals surface area contributed by atoms with Crippen LogP contribution in [0.2, 0.25) is 0 Å². The van der Waals surface area contributed by atoms with Gasteiger partial charge < -0.3 is 14.1 Å². The fraction of sp³-hybridized carbons (Fsp3) is 0.450. The lowest BCUT2D eigenvalue weighted by atomic mass is 9.68. The minimum Gasteiger partial charge on any atom is -0.462 e. The van der Waals surface area contributed by atoms with Crippen molar-refractivity contribution in [1.82, 2.24) is 19.7 Å². The predicted octanol–water partition coefficient (Wildman–Crippen LogP) is 1.94. The van der Waals surface area contributed by atoms with Crippen molar-refractivity contribution in [2.24, 2.45) is 11.8 Å². The van der Waals surface area contributed by atoms with E-state index in [0.29, 0.717) is 46.8 Å². The molecule has 2 aromatic heterocycles. The number of anilines is 1. The van der Waals surface area contributed by atoms with Gasteiger partial charge in [-0.25, -0.2) is 9.48 Å². The smallest absolute Gasteiger partial charge is 0.338 e. The minimum atomic E-state index is -0.368. The lowest BCUT2D eigenvalue weighted by Crippen LogP contribution is -2.77. The Balaban J connectivity index is 1.42. The molecule has 1 aromatic carbocycles. The molecular weight excluding hydrogens is 358 g/mol. The van der Waals surface area contributed by atoms with E-state index in [9.17, 15) is 4.79 Å². The highest BCUT2D eigenvalue weighted by Crippen LogP contribution is 2.45. The van der Waals surface area contributed by atoms with E-state index >= 15 is 0 Å². The number of piperidine rings is 2. The van der Waals surface area contributed by atoms with Gasteiger partial charge in [-0.05, 0) is 25.1 Å². The van der Waals surface area contributed by atoms with Gasteiger partial charge in [0.25, 0.3) is 6.01 Å². The third-order valence-corrected chi connectivity index (χ3v) is 6.23. The van der Waals surface area contributed by atoms with Crippen LogP contribution in [0.5, 0.6) is 0 Å². The summed E-state index contributed by atoms with van der Waals surface area (Å²) in [6.07, 6.45) is 3.53. The third-order valence-electron chi connectivity index (χ3n) is 6.23. The van der Waals surface area contributed by atoms with E-state index in [0.717, 1.165) is 19.1 Å². The van der Waals surface area contributed by atoms with Crippen molar-refractivity contribution >= 4 is 23.1 Å². The Morgan fingerprint density at radius 3 is 2.75 bits per heavy atom. The number of esters is 1. The largest absolute Gasteiger partial charge is 0.462 e. The van der Waals surface area contributed by atoms with Gasteiger partial charge in [-0.3, -0.25) is 4.90 Å². The molecule has 0 radical (unpaired) electrons. The number of aromatic nitrogens is 3. The molecule has 0 saturated carbocycles. The van der Waals surface area contributed by atoms with E-state index in [-0.39, 0.29) is 5.97 Å². The summed E-state index contributed by atoms with van der Waals surface area (Å²) in [6, 6.07) is 6.74. The lowest BCUT2D eigenvalue weighted by Gasteiger charge is -2.65. The summed E-state index contributed by atoms with van der Waals surface area (Å²) >= 11 is 0. The monoisotopic (exact) mass is 379 g/mol. The number of ether oxygens (including phenoxy) is 1. The number of fused-ring (bicyclic) bond motifs is 1. The van der Waals surface area contributed by atoms with Gasteiger partial charge in [-0.1, -0.05) is 0 Å². The van der Waals surface area contributed by atoms with Crippen LogP contribution in [0.4, 0.5) is 6.01 Å². The van der Waals surface area contributed by atoms with Gasteiger partial charge in [-0.2, -0.15) is 10.1 Å². The molecule has 3 saturated heterocycles. The Labute approximate surface area is 161 Å². The molecule has 3 aromatic rings. The van der Waals surface area contributed by atoms with E-state index in [1.165, 1.54) is 13.1 Å². The molecule has 3 aliphatic heterocycles. The van der Waals surface area contributed by atoms with Crippen molar-refractivity contribution in [2.75, 3.05) is 37.7 Å². The lowest BCUT2D eigenvalue weighted by molar-refractivity contribution is -0.129. The van der Waals surface area contributed by atoms with E-state index in [1.807, 2.05) is 12.3 Å². The molecule has 0 N–H and O–H groups in total. The van der Waals surface area contributed by atoms with Crippen molar-refractivity contribution in [3.63, 3.8) is 0 Å². The average molecular weight is 379 g/mol. The number of benzene rings is 1. The number of hydrogen-bond acceptors (Lipinski definition) is 7. The topological polar surface area (TPSA) is 76.6 Å². The third kappa shape index (κ3) is 2.24. The Bertz CT molecular complexity index is 1040. The molecular formula is C20H21N5O3. The van der Waals surface area contributed by atoms with Crippen LogP contribution in [0, 0.1) is 11.8 Å². The van der Waals surface area contributed by atoms with Crippen LogP contribution in [-0.4, -0.2) is 64.5 Å². The Kier molecular flexibility index (Phi) is 3.35. The van der Waals surface area contributed by atoms with Crippen LogP contribution in [-0.2, 0) is 4.74 Å². The second-order valence-electron chi connectivity index (χ2n) is 7.88. The zero-order valence-electron chi connectivity index (χ0n) is 15.6. The molecule has 2 atom stereocenters. The minimum absolute atomic E-state index is 0.326. The van der Waals surface area contributed by atoms with Gasteiger partial charge in [0.05, 0.1) is 12.2 Å². The van der Waals surface area contributed by atoms with Gasteiger partial charge in [0.15, 0.2) is 5.58 Å². The maximum atomic E-state index is 12.3. The van der Waals surface area contributed by atoms with E-state index in [1.54, 1.807) is 29.9 Å². The quantitative estimate of drug-likeness (QED) is 0.641. The average Bonchev–Trinajstić information content (AvgIpc) is 3.31. The molecule has 2 unspecified atom stereocenters. The summed E-state index contributed by atoms with van der Waals surface area (Å²) in [4.78, 5) is 21.9. The molecule has 0 spiro atoms. The second-order valence-corrected chi connectivity index (χ2v) is 7.88. The first-order valence-corrected chi connectivity index (χ1v) is 9.82. The Morgan fingerprint density at radius 2 is 2.07 bits per heavy atom. The zero-order valence-corrected chi connectivity index (χ0v) is 15.6. The van der Waals surface area contributed by atoms with E-state index in [4.69, 9.17) is 14.1 Å². The fourth-order valence-corrected chi connectivity index (χ4v) is 5.02. The number of rotatable bonds is 4. The molecule has 0 amide bonds. The van der Waals surface area contributed by atoms with Gasteiger partial charge >= 0.3 is 5.97 Å². The molecule has 8 heteroatoms. The van der Waals surface area contributed by atoms with Crippen molar-refractivity contribution in [3.05, 3.63) is 36.2 Å². The summed E-state index contributed by atoms with van der Waals surface area (Å²) in [5.41, 5.74) is 2.43. The van der Waals surface area contributed by atoms with Gasteiger partial charge in [0, 0.05) is 56.5 Å². The molecule has 28 heavy (non-hydrogen) atoms. The first-order valence-electron chi connectivity index (χ1n) is 9.82. The SMILES string of the molecule is CCOC(=O)c1cc(-n2cccn2)c2oc(N3CC4CN5CC(C3)C45)nc2c1. The van der Waals surface area contributed by atoms with E-state index in [2.05, 4.69) is 14.9 Å². The Morgan fingerprint density at radius 1 is 1.25 bits per heavy atom. The summed E-state index contributed by atoms with van der Waals surface area (Å²) in [7, 11) is 0. The summed E-state index contributed by atoms with van der Waals surface area (Å²) in [5.74, 6) is 1.05. The number of nitrogens with zero attached hydrogens (tertiary/aromatic N) is 5. The van der Waals surface area contributed by atoms with E-state index < -0.39 is 0 Å².